The fourth-order valence-electron chi connectivity index (χ4n) is 1.49. The number of hydrogen-bond donors (Lipinski definition) is 1. The van der Waals surface area contributed by atoms with Crippen LogP contribution >= 0.6 is 11.6 Å². The molecule has 0 atom stereocenters. The first kappa shape index (κ1) is 13.6. The quantitative estimate of drug-likeness (QED) is 0.662. The molecule has 0 spiro atoms. The van der Waals surface area contributed by atoms with Crippen molar-refractivity contribution in [3.05, 3.63) is 34.9 Å². The lowest BCUT2D eigenvalue weighted by molar-refractivity contribution is -0.125. The molecule has 0 bridgehead atoms. The van der Waals surface area contributed by atoms with Crippen molar-refractivity contribution < 1.29 is 4.79 Å². The first-order valence-corrected chi connectivity index (χ1v) is 5.98. The Morgan fingerprint density at radius 3 is 2.65 bits per heavy atom. The van der Waals surface area contributed by atoms with E-state index in [-0.39, 0.29) is 5.91 Å². The first-order valence-electron chi connectivity index (χ1n) is 5.60. The maximum Gasteiger partial charge on any atom is 0.246 e. The molecule has 92 valence electrons. The SMILES string of the molecule is CCN(CC)C(=O)C=Cc1cc(N)ccc1Cl. The maximum absolute atomic E-state index is 11.7. The summed E-state index contributed by atoms with van der Waals surface area (Å²) >= 11 is 6.00. The molecule has 0 aliphatic carbocycles. The van der Waals surface area contributed by atoms with Gasteiger partial charge in [-0.25, -0.2) is 0 Å². The van der Waals surface area contributed by atoms with Gasteiger partial charge in [0.25, 0.3) is 0 Å². The van der Waals surface area contributed by atoms with Crippen LogP contribution in [0.1, 0.15) is 19.4 Å². The molecule has 1 aromatic carbocycles. The van der Waals surface area contributed by atoms with Gasteiger partial charge in [0, 0.05) is 29.9 Å². The van der Waals surface area contributed by atoms with Crippen molar-refractivity contribution in [2.24, 2.45) is 0 Å². The third-order valence-corrected chi connectivity index (χ3v) is 2.84. The predicted octanol–water partition coefficient (Wildman–Crippen LogP) is 2.80. The molecule has 0 aliphatic heterocycles. The molecular formula is C13H17ClN2O. The zero-order valence-corrected chi connectivity index (χ0v) is 10.9. The molecule has 0 saturated heterocycles. The van der Waals surface area contributed by atoms with Gasteiger partial charge in [0.2, 0.25) is 5.91 Å². The van der Waals surface area contributed by atoms with Gasteiger partial charge in [-0.3, -0.25) is 4.79 Å². The van der Waals surface area contributed by atoms with Crippen LogP contribution in [0.4, 0.5) is 5.69 Å². The number of carbonyl (C=O) groups is 1. The molecule has 4 heteroatoms. The minimum Gasteiger partial charge on any atom is -0.399 e. The predicted molar refractivity (Wildman–Crippen MR) is 72.8 cm³/mol. The smallest absolute Gasteiger partial charge is 0.246 e. The normalized spacial score (nSPS) is 10.8. The third-order valence-electron chi connectivity index (χ3n) is 2.50. The van der Waals surface area contributed by atoms with Crippen molar-refractivity contribution in [1.82, 2.24) is 4.90 Å². The van der Waals surface area contributed by atoms with Crippen LogP contribution in [0.15, 0.2) is 24.3 Å². The Labute approximate surface area is 107 Å². The van der Waals surface area contributed by atoms with E-state index in [1.165, 1.54) is 6.08 Å². The summed E-state index contributed by atoms with van der Waals surface area (Å²) in [6.45, 7) is 5.29. The summed E-state index contributed by atoms with van der Waals surface area (Å²) in [6.07, 6.45) is 3.22. The summed E-state index contributed by atoms with van der Waals surface area (Å²) < 4.78 is 0. The Kier molecular flexibility index (Phi) is 5.04. The zero-order valence-electron chi connectivity index (χ0n) is 10.1. The minimum absolute atomic E-state index is 0.0199. The van der Waals surface area contributed by atoms with E-state index in [2.05, 4.69) is 0 Å². The van der Waals surface area contributed by atoms with Crippen LogP contribution < -0.4 is 5.73 Å². The minimum atomic E-state index is -0.0199. The Bertz CT molecular complexity index is 425. The summed E-state index contributed by atoms with van der Waals surface area (Å²) in [5.74, 6) is -0.0199. The molecule has 0 heterocycles. The molecule has 0 radical (unpaired) electrons. The highest BCUT2D eigenvalue weighted by molar-refractivity contribution is 6.32. The molecule has 3 nitrogen and oxygen atoms in total. The molecule has 2 N–H and O–H groups in total. The molecular weight excluding hydrogens is 236 g/mol. The molecule has 17 heavy (non-hydrogen) atoms. The van der Waals surface area contributed by atoms with Crippen molar-refractivity contribution >= 4 is 29.3 Å². The number of anilines is 1. The van der Waals surface area contributed by atoms with Gasteiger partial charge in [0.05, 0.1) is 0 Å². The number of nitrogens with two attached hydrogens (primary N) is 1. The Morgan fingerprint density at radius 1 is 1.41 bits per heavy atom. The standard InChI is InChI=1S/C13H17ClN2O/c1-3-16(4-2)13(17)8-5-10-9-11(15)6-7-12(10)14/h5-9H,3-4,15H2,1-2H3. The first-order chi connectivity index (χ1) is 8.08. The van der Waals surface area contributed by atoms with Crippen molar-refractivity contribution in [2.45, 2.75) is 13.8 Å². The summed E-state index contributed by atoms with van der Waals surface area (Å²) in [7, 11) is 0. The van der Waals surface area contributed by atoms with Crippen molar-refractivity contribution in [1.29, 1.82) is 0 Å². The van der Waals surface area contributed by atoms with E-state index in [9.17, 15) is 4.79 Å². The number of hydrogen-bond acceptors (Lipinski definition) is 2. The highest BCUT2D eigenvalue weighted by Gasteiger charge is 2.05. The molecule has 0 aromatic heterocycles. The van der Waals surface area contributed by atoms with Crippen LogP contribution in [0.3, 0.4) is 0 Å². The van der Waals surface area contributed by atoms with Crippen LogP contribution in [0.25, 0.3) is 6.08 Å². The van der Waals surface area contributed by atoms with Gasteiger partial charge in [-0.2, -0.15) is 0 Å². The van der Waals surface area contributed by atoms with Crippen LogP contribution in [-0.2, 0) is 4.79 Å². The lowest BCUT2D eigenvalue weighted by Gasteiger charge is -2.15. The van der Waals surface area contributed by atoms with E-state index < -0.39 is 0 Å². The van der Waals surface area contributed by atoms with Gasteiger partial charge in [-0.15, -0.1) is 0 Å². The van der Waals surface area contributed by atoms with Crippen LogP contribution in [0, 0.1) is 0 Å². The van der Waals surface area contributed by atoms with E-state index in [0.717, 1.165) is 5.56 Å². The lowest BCUT2D eigenvalue weighted by atomic mass is 10.2. The average Bonchev–Trinajstić information content (AvgIpc) is 2.32. The maximum atomic E-state index is 11.7. The molecule has 1 aromatic rings. The fraction of sp³-hybridized carbons (Fsp3) is 0.308. The summed E-state index contributed by atoms with van der Waals surface area (Å²) in [4.78, 5) is 13.5. The topological polar surface area (TPSA) is 46.3 Å². The molecule has 1 rings (SSSR count). The van der Waals surface area contributed by atoms with E-state index >= 15 is 0 Å². The van der Waals surface area contributed by atoms with Crippen LogP contribution in [0.5, 0.6) is 0 Å². The van der Waals surface area contributed by atoms with Crippen molar-refractivity contribution in [2.75, 3.05) is 18.8 Å². The lowest BCUT2D eigenvalue weighted by Crippen LogP contribution is -2.28. The third kappa shape index (κ3) is 3.79. The number of rotatable bonds is 4. The van der Waals surface area contributed by atoms with Gasteiger partial charge in [-0.05, 0) is 43.7 Å². The summed E-state index contributed by atoms with van der Waals surface area (Å²) in [6, 6.07) is 5.19. The summed E-state index contributed by atoms with van der Waals surface area (Å²) in [5.41, 5.74) is 7.04. The molecule has 1 amide bonds. The number of carbonyl (C=O) groups excluding carboxylic acids is 1. The molecule has 0 fully saturated rings. The van der Waals surface area contributed by atoms with Gasteiger partial charge in [0.15, 0.2) is 0 Å². The van der Waals surface area contributed by atoms with E-state index in [0.29, 0.717) is 23.8 Å². The largest absolute Gasteiger partial charge is 0.399 e. The van der Waals surface area contributed by atoms with Crippen molar-refractivity contribution in [3.8, 4) is 0 Å². The monoisotopic (exact) mass is 252 g/mol. The number of benzene rings is 1. The molecule has 0 unspecified atom stereocenters. The highest BCUT2D eigenvalue weighted by atomic mass is 35.5. The fourth-order valence-corrected chi connectivity index (χ4v) is 1.67. The highest BCUT2D eigenvalue weighted by Crippen LogP contribution is 2.20. The number of nitrogens with zero attached hydrogens (tertiary/aromatic N) is 1. The number of likely N-dealkylation sites (N-methyl/N-ethyl adjacent to an activating group) is 1. The van der Waals surface area contributed by atoms with Gasteiger partial charge in [0.1, 0.15) is 0 Å². The van der Waals surface area contributed by atoms with E-state index in [1.807, 2.05) is 13.8 Å². The van der Waals surface area contributed by atoms with Crippen LogP contribution in [0.2, 0.25) is 5.02 Å². The van der Waals surface area contributed by atoms with Gasteiger partial charge in [-0.1, -0.05) is 11.6 Å². The number of amides is 1. The van der Waals surface area contributed by atoms with Crippen LogP contribution in [-0.4, -0.2) is 23.9 Å². The number of halogens is 1. The number of nitrogen functional groups attached to an aromatic ring is 1. The van der Waals surface area contributed by atoms with E-state index in [4.69, 9.17) is 17.3 Å². The second-order valence-electron chi connectivity index (χ2n) is 3.62. The second kappa shape index (κ2) is 6.30. The van der Waals surface area contributed by atoms with E-state index in [1.54, 1.807) is 29.2 Å². The zero-order chi connectivity index (χ0) is 12.8. The summed E-state index contributed by atoms with van der Waals surface area (Å²) in [5, 5.41) is 0.586. The van der Waals surface area contributed by atoms with Crippen molar-refractivity contribution in [3.63, 3.8) is 0 Å². The second-order valence-corrected chi connectivity index (χ2v) is 4.03. The Hall–Kier alpha value is -1.48. The Balaban J connectivity index is 2.83. The van der Waals surface area contributed by atoms with Gasteiger partial charge < -0.3 is 10.6 Å². The molecule has 0 aliphatic rings. The average molecular weight is 253 g/mol. The Morgan fingerprint density at radius 2 is 2.06 bits per heavy atom. The molecule has 0 saturated carbocycles. The van der Waals surface area contributed by atoms with Gasteiger partial charge >= 0.3 is 0 Å².